The van der Waals surface area contributed by atoms with Crippen molar-refractivity contribution in [3.63, 3.8) is 0 Å². The maximum Gasteiger partial charge on any atom is 0.252 e. The summed E-state index contributed by atoms with van der Waals surface area (Å²) in [6.07, 6.45) is 3.63. The molecule has 0 aliphatic carbocycles. The van der Waals surface area contributed by atoms with Crippen LogP contribution in [0.2, 0.25) is 0 Å². The van der Waals surface area contributed by atoms with Crippen LogP contribution >= 0.6 is 11.3 Å². The lowest BCUT2D eigenvalue weighted by Crippen LogP contribution is -2.27. The van der Waals surface area contributed by atoms with E-state index < -0.39 is 0 Å². The number of carbonyl (C=O) groups excluding carboxylic acids is 1. The first-order valence-corrected chi connectivity index (χ1v) is 6.66. The Labute approximate surface area is 109 Å². The lowest BCUT2D eigenvalue weighted by Gasteiger charge is -2.05. The number of nitrogens with one attached hydrogen (secondary N) is 1. The standard InChI is InChI=1S/C12H15N3O2S/c16-12(11-2-9-18-10-11)13-4-7-17-8-6-15-5-1-3-14-15/h1-3,5,9-10H,4,6-8H2,(H,13,16). The maximum atomic E-state index is 11.6. The Balaban J connectivity index is 1.52. The Kier molecular flexibility index (Phi) is 4.92. The molecule has 2 rings (SSSR count). The van der Waals surface area contributed by atoms with E-state index >= 15 is 0 Å². The van der Waals surface area contributed by atoms with Gasteiger partial charge in [-0.3, -0.25) is 9.48 Å². The van der Waals surface area contributed by atoms with Gasteiger partial charge in [0.25, 0.3) is 5.91 Å². The van der Waals surface area contributed by atoms with Crippen LogP contribution in [-0.2, 0) is 11.3 Å². The van der Waals surface area contributed by atoms with Crippen molar-refractivity contribution in [1.29, 1.82) is 0 Å². The number of rotatable bonds is 7. The molecule has 0 saturated carbocycles. The van der Waals surface area contributed by atoms with Crippen molar-refractivity contribution in [3.05, 3.63) is 40.8 Å². The molecular weight excluding hydrogens is 250 g/mol. The van der Waals surface area contributed by atoms with E-state index in [2.05, 4.69) is 10.4 Å². The van der Waals surface area contributed by atoms with Crippen LogP contribution in [0.15, 0.2) is 35.3 Å². The molecular formula is C12H15N3O2S. The Morgan fingerprint density at radius 1 is 1.50 bits per heavy atom. The summed E-state index contributed by atoms with van der Waals surface area (Å²) in [7, 11) is 0. The van der Waals surface area contributed by atoms with Crippen molar-refractivity contribution in [3.8, 4) is 0 Å². The second-order valence-electron chi connectivity index (χ2n) is 3.65. The van der Waals surface area contributed by atoms with Gasteiger partial charge >= 0.3 is 0 Å². The number of hydrogen-bond donors (Lipinski definition) is 1. The van der Waals surface area contributed by atoms with Gasteiger partial charge in [-0.1, -0.05) is 0 Å². The molecule has 0 atom stereocenters. The van der Waals surface area contributed by atoms with Gasteiger partial charge in [-0.15, -0.1) is 0 Å². The first-order chi connectivity index (χ1) is 8.86. The number of nitrogens with zero attached hydrogens (tertiary/aromatic N) is 2. The van der Waals surface area contributed by atoms with Crippen LogP contribution in [0.25, 0.3) is 0 Å². The number of amides is 1. The van der Waals surface area contributed by atoms with E-state index in [4.69, 9.17) is 4.74 Å². The second-order valence-corrected chi connectivity index (χ2v) is 4.43. The topological polar surface area (TPSA) is 56.1 Å². The van der Waals surface area contributed by atoms with E-state index in [0.717, 1.165) is 6.54 Å². The smallest absolute Gasteiger partial charge is 0.252 e. The molecule has 0 unspecified atom stereocenters. The third-order valence-electron chi connectivity index (χ3n) is 2.34. The summed E-state index contributed by atoms with van der Waals surface area (Å²) in [6.45, 7) is 2.35. The first kappa shape index (κ1) is 12.8. The molecule has 5 nitrogen and oxygen atoms in total. The normalized spacial score (nSPS) is 10.4. The molecule has 6 heteroatoms. The van der Waals surface area contributed by atoms with Crippen LogP contribution in [0.3, 0.4) is 0 Å². The first-order valence-electron chi connectivity index (χ1n) is 5.72. The number of aromatic nitrogens is 2. The number of carbonyl (C=O) groups is 1. The third-order valence-corrected chi connectivity index (χ3v) is 3.02. The summed E-state index contributed by atoms with van der Waals surface area (Å²) in [6, 6.07) is 3.68. The molecule has 0 aliphatic rings. The molecule has 18 heavy (non-hydrogen) atoms. The minimum atomic E-state index is -0.0491. The van der Waals surface area contributed by atoms with E-state index in [1.807, 2.05) is 27.7 Å². The van der Waals surface area contributed by atoms with Crippen molar-refractivity contribution >= 4 is 17.2 Å². The van der Waals surface area contributed by atoms with Gasteiger partial charge in [-0.2, -0.15) is 16.4 Å². The predicted molar refractivity (Wildman–Crippen MR) is 69.7 cm³/mol. The molecule has 96 valence electrons. The lowest BCUT2D eigenvalue weighted by molar-refractivity contribution is 0.0906. The minimum Gasteiger partial charge on any atom is -0.378 e. The summed E-state index contributed by atoms with van der Waals surface area (Å²) in [4.78, 5) is 11.6. The molecule has 2 aromatic heterocycles. The van der Waals surface area contributed by atoms with Crippen LogP contribution in [-0.4, -0.2) is 35.4 Å². The van der Waals surface area contributed by atoms with Gasteiger partial charge in [-0.05, 0) is 17.5 Å². The molecule has 0 spiro atoms. The SMILES string of the molecule is O=C(NCCOCCn1cccn1)c1ccsc1. The van der Waals surface area contributed by atoms with Gasteiger partial charge in [0.2, 0.25) is 0 Å². The van der Waals surface area contributed by atoms with Gasteiger partial charge in [0.1, 0.15) is 0 Å². The quantitative estimate of drug-likeness (QED) is 0.770. The zero-order chi connectivity index (χ0) is 12.6. The van der Waals surface area contributed by atoms with Crippen molar-refractivity contribution < 1.29 is 9.53 Å². The molecule has 2 heterocycles. The van der Waals surface area contributed by atoms with Crippen LogP contribution < -0.4 is 5.32 Å². The maximum absolute atomic E-state index is 11.6. The Hall–Kier alpha value is -1.66. The number of thiophene rings is 1. The Bertz CT molecular complexity index is 454. The molecule has 0 aliphatic heterocycles. The van der Waals surface area contributed by atoms with Gasteiger partial charge in [0, 0.05) is 29.9 Å². The zero-order valence-electron chi connectivity index (χ0n) is 9.91. The van der Waals surface area contributed by atoms with Gasteiger partial charge < -0.3 is 10.1 Å². The monoisotopic (exact) mass is 265 g/mol. The van der Waals surface area contributed by atoms with Gasteiger partial charge in [-0.25, -0.2) is 0 Å². The highest BCUT2D eigenvalue weighted by Gasteiger charge is 2.03. The number of hydrogen-bond acceptors (Lipinski definition) is 4. The van der Waals surface area contributed by atoms with Crippen LogP contribution in [0, 0.1) is 0 Å². The van der Waals surface area contributed by atoms with Crippen LogP contribution in [0.4, 0.5) is 0 Å². The van der Waals surface area contributed by atoms with Crippen molar-refractivity contribution in [2.45, 2.75) is 6.54 Å². The molecule has 1 N–H and O–H groups in total. The predicted octanol–water partition coefficient (Wildman–Crippen LogP) is 1.39. The van der Waals surface area contributed by atoms with Gasteiger partial charge in [0.15, 0.2) is 0 Å². The summed E-state index contributed by atoms with van der Waals surface area (Å²) in [5, 5.41) is 10.6. The summed E-state index contributed by atoms with van der Waals surface area (Å²) in [5.41, 5.74) is 0.705. The second kappa shape index (κ2) is 6.93. The highest BCUT2D eigenvalue weighted by atomic mass is 32.1. The largest absolute Gasteiger partial charge is 0.378 e. The highest BCUT2D eigenvalue weighted by molar-refractivity contribution is 7.08. The van der Waals surface area contributed by atoms with Crippen molar-refractivity contribution in [2.75, 3.05) is 19.8 Å². The van der Waals surface area contributed by atoms with E-state index in [9.17, 15) is 4.79 Å². The highest BCUT2D eigenvalue weighted by Crippen LogP contribution is 2.04. The summed E-state index contributed by atoms with van der Waals surface area (Å²) >= 11 is 1.51. The zero-order valence-corrected chi connectivity index (χ0v) is 10.7. The van der Waals surface area contributed by atoms with E-state index in [1.54, 1.807) is 12.3 Å². The van der Waals surface area contributed by atoms with Crippen molar-refractivity contribution in [2.24, 2.45) is 0 Å². The average Bonchev–Trinajstić information content (AvgIpc) is 3.05. The molecule has 0 aromatic carbocycles. The minimum absolute atomic E-state index is 0.0491. The molecule has 2 aromatic rings. The van der Waals surface area contributed by atoms with Crippen molar-refractivity contribution in [1.82, 2.24) is 15.1 Å². The Morgan fingerprint density at radius 2 is 2.44 bits per heavy atom. The number of ether oxygens (including phenoxy) is 1. The fraction of sp³-hybridized carbons (Fsp3) is 0.333. The lowest BCUT2D eigenvalue weighted by atomic mass is 10.3. The summed E-state index contributed by atoms with van der Waals surface area (Å²) < 4.78 is 7.21. The fourth-order valence-corrected chi connectivity index (χ4v) is 2.06. The van der Waals surface area contributed by atoms with Gasteiger partial charge in [0.05, 0.1) is 19.8 Å². The van der Waals surface area contributed by atoms with E-state index in [0.29, 0.717) is 25.3 Å². The van der Waals surface area contributed by atoms with E-state index in [-0.39, 0.29) is 5.91 Å². The third kappa shape index (κ3) is 3.97. The fourth-order valence-electron chi connectivity index (χ4n) is 1.43. The molecule has 1 amide bonds. The van der Waals surface area contributed by atoms with Crippen LogP contribution in [0.1, 0.15) is 10.4 Å². The molecule has 0 saturated heterocycles. The molecule has 0 radical (unpaired) electrons. The average molecular weight is 265 g/mol. The van der Waals surface area contributed by atoms with E-state index in [1.165, 1.54) is 11.3 Å². The Morgan fingerprint density at radius 3 is 3.17 bits per heavy atom. The van der Waals surface area contributed by atoms with Crippen LogP contribution in [0.5, 0.6) is 0 Å². The summed E-state index contributed by atoms with van der Waals surface area (Å²) in [5.74, 6) is -0.0491. The molecule has 0 fully saturated rings. The molecule has 0 bridgehead atoms.